The minimum Gasteiger partial charge on any atom is -0.369 e. The van der Waals surface area contributed by atoms with Gasteiger partial charge in [0.2, 0.25) is 0 Å². The number of piperazine rings is 1. The zero-order valence-electron chi connectivity index (χ0n) is 17.0. The van der Waals surface area contributed by atoms with Crippen LogP contribution >= 0.6 is 11.6 Å². The molecule has 0 aliphatic carbocycles. The number of aryl methyl sites for hydroxylation is 2. The molecule has 1 saturated heterocycles. The molecule has 1 fully saturated rings. The van der Waals surface area contributed by atoms with Gasteiger partial charge >= 0.3 is 0 Å². The van der Waals surface area contributed by atoms with E-state index in [1.807, 2.05) is 35.1 Å². The highest BCUT2D eigenvalue weighted by Gasteiger charge is 2.17. The fourth-order valence-electron chi connectivity index (χ4n) is 3.94. The molecule has 6 heteroatoms. The van der Waals surface area contributed by atoms with Gasteiger partial charge in [0.1, 0.15) is 5.69 Å². The highest BCUT2D eigenvalue weighted by Crippen LogP contribution is 2.25. The van der Waals surface area contributed by atoms with Gasteiger partial charge < -0.3 is 4.90 Å². The molecule has 1 aliphatic rings. The molecule has 0 unspecified atom stereocenters. The number of halogens is 1. The first-order valence-electron chi connectivity index (χ1n) is 10.4. The summed E-state index contributed by atoms with van der Waals surface area (Å²) in [5.41, 5.74) is 4.52. The maximum atomic E-state index is 6.25. The molecule has 0 bridgehead atoms. The fourth-order valence-corrected chi connectivity index (χ4v) is 4.17. The van der Waals surface area contributed by atoms with Crippen LogP contribution in [0.2, 0.25) is 5.02 Å². The number of hydrogen-bond donors (Lipinski definition) is 0. The van der Waals surface area contributed by atoms with Crippen LogP contribution in [0.1, 0.15) is 18.4 Å². The Morgan fingerprint density at radius 2 is 1.62 bits per heavy atom. The molecule has 152 valence electrons. The summed E-state index contributed by atoms with van der Waals surface area (Å²) in [4.78, 5) is 5.09. The highest BCUT2D eigenvalue weighted by molar-refractivity contribution is 6.33. The number of unbranched alkanes of at least 4 members (excludes halogenated alkanes) is 1. The van der Waals surface area contributed by atoms with Crippen LogP contribution in [-0.2, 0) is 6.54 Å². The van der Waals surface area contributed by atoms with Gasteiger partial charge in [-0.15, -0.1) is 5.10 Å². The largest absolute Gasteiger partial charge is 0.369 e. The molecule has 4 rings (SSSR count). The van der Waals surface area contributed by atoms with Crippen LogP contribution < -0.4 is 4.90 Å². The van der Waals surface area contributed by atoms with Crippen LogP contribution in [0.15, 0.2) is 54.7 Å². The van der Waals surface area contributed by atoms with Gasteiger partial charge in [0, 0.05) is 44.0 Å². The summed E-state index contributed by atoms with van der Waals surface area (Å²) in [6.07, 6.45) is 4.26. The van der Waals surface area contributed by atoms with E-state index in [2.05, 4.69) is 51.3 Å². The van der Waals surface area contributed by atoms with Crippen molar-refractivity contribution in [2.75, 3.05) is 37.6 Å². The molecule has 3 aromatic rings. The number of nitrogens with zero attached hydrogens (tertiary/aromatic N) is 5. The van der Waals surface area contributed by atoms with E-state index >= 15 is 0 Å². The molecule has 0 radical (unpaired) electrons. The number of benzene rings is 2. The average Bonchev–Trinajstić information content (AvgIpc) is 3.21. The van der Waals surface area contributed by atoms with Crippen molar-refractivity contribution in [1.82, 2.24) is 19.9 Å². The van der Waals surface area contributed by atoms with Crippen LogP contribution in [0.5, 0.6) is 0 Å². The maximum Gasteiger partial charge on any atom is 0.114 e. The Morgan fingerprint density at radius 3 is 2.41 bits per heavy atom. The van der Waals surface area contributed by atoms with Gasteiger partial charge in [0.15, 0.2) is 0 Å². The number of anilines is 1. The summed E-state index contributed by atoms with van der Waals surface area (Å²) < 4.78 is 1.93. The molecule has 0 amide bonds. The van der Waals surface area contributed by atoms with Crippen molar-refractivity contribution in [3.63, 3.8) is 0 Å². The predicted octanol–water partition coefficient (Wildman–Crippen LogP) is 4.51. The lowest BCUT2D eigenvalue weighted by molar-refractivity contribution is 0.250. The molecule has 2 aromatic carbocycles. The molecule has 1 aliphatic heterocycles. The van der Waals surface area contributed by atoms with Crippen LogP contribution in [0.25, 0.3) is 11.3 Å². The second kappa shape index (κ2) is 9.42. The minimum absolute atomic E-state index is 0.712. The Kier molecular flexibility index (Phi) is 6.47. The first kappa shape index (κ1) is 19.9. The molecular weight excluding hydrogens is 382 g/mol. The van der Waals surface area contributed by atoms with E-state index in [1.54, 1.807) is 0 Å². The van der Waals surface area contributed by atoms with Crippen molar-refractivity contribution in [1.29, 1.82) is 0 Å². The van der Waals surface area contributed by atoms with E-state index in [-0.39, 0.29) is 0 Å². The van der Waals surface area contributed by atoms with Gasteiger partial charge in [-0.2, -0.15) is 0 Å². The highest BCUT2D eigenvalue weighted by atomic mass is 35.5. The quantitative estimate of drug-likeness (QED) is 0.538. The molecule has 0 N–H and O–H groups in total. The smallest absolute Gasteiger partial charge is 0.114 e. The molecule has 0 saturated carbocycles. The van der Waals surface area contributed by atoms with Gasteiger partial charge in [-0.1, -0.05) is 53.2 Å². The van der Waals surface area contributed by atoms with Crippen LogP contribution in [-0.4, -0.2) is 52.6 Å². The first-order valence-corrected chi connectivity index (χ1v) is 10.8. The van der Waals surface area contributed by atoms with Crippen LogP contribution in [0, 0.1) is 6.92 Å². The topological polar surface area (TPSA) is 37.2 Å². The summed E-state index contributed by atoms with van der Waals surface area (Å²) in [6.45, 7) is 8.71. The number of rotatable bonds is 7. The predicted molar refractivity (Wildman–Crippen MR) is 120 cm³/mol. The molecule has 29 heavy (non-hydrogen) atoms. The van der Waals surface area contributed by atoms with Gasteiger partial charge in [0.25, 0.3) is 0 Å². The minimum atomic E-state index is 0.712. The Bertz CT molecular complexity index is 930. The van der Waals surface area contributed by atoms with Crippen LogP contribution in [0.3, 0.4) is 0 Å². The molecular formula is C23H28ClN5. The van der Waals surface area contributed by atoms with Crippen molar-refractivity contribution in [3.05, 3.63) is 65.3 Å². The fraction of sp³-hybridized carbons (Fsp3) is 0.391. The summed E-state index contributed by atoms with van der Waals surface area (Å²) in [5, 5.41) is 9.24. The lowest BCUT2D eigenvalue weighted by Crippen LogP contribution is -2.46. The summed E-state index contributed by atoms with van der Waals surface area (Å²) >= 11 is 6.25. The van der Waals surface area contributed by atoms with Crippen LogP contribution in [0.4, 0.5) is 5.69 Å². The lowest BCUT2D eigenvalue weighted by atomic mass is 10.1. The third-order valence-corrected chi connectivity index (χ3v) is 5.96. The summed E-state index contributed by atoms with van der Waals surface area (Å²) in [5.74, 6) is 0. The molecule has 0 spiro atoms. The molecule has 5 nitrogen and oxygen atoms in total. The van der Waals surface area contributed by atoms with E-state index < -0.39 is 0 Å². The number of hydrogen-bond acceptors (Lipinski definition) is 4. The second-order valence-corrected chi connectivity index (χ2v) is 8.08. The van der Waals surface area contributed by atoms with Gasteiger partial charge in [0.05, 0.1) is 11.2 Å². The molecule has 0 atom stereocenters. The van der Waals surface area contributed by atoms with Crippen molar-refractivity contribution in [2.24, 2.45) is 0 Å². The Balaban J connectivity index is 1.19. The van der Waals surface area contributed by atoms with Crippen molar-refractivity contribution in [2.45, 2.75) is 26.3 Å². The van der Waals surface area contributed by atoms with Gasteiger partial charge in [-0.3, -0.25) is 9.58 Å². The summed E-state index contributed by atoms with van der Waals surface area (Å²) in [7, 11) is 0. The number of aromatic nitrogens is 3. The average molecular weight is 410 g/mol. The third-order valence-electron chi connectivity index (χ3n) is 5.63. The third kappa shape index (κ3) is 4.98. The van der Waals surface area contributed by atoms with Crippen molar-refractivity contribution >= 4 is 17.3 Å². The Morgan fingerprint density at radius 1 is 0.897 bits per heavy atom. The van der Waals surface area contributed by atoms with Crippen molar-refractivity contribution < 1.29 is 0 Å². The van der Waals surface area contributed by atoms with E-state index in [0.717, 1.165) is 56.9 Å². The molecule has 2 heterocycles. The monoisotopic (exact) mass is 409 g/mol. The molecule has 1 aromatic heterocycles. The number of para-hydroxylation sites is 1. The maximum absolute atomic E-state index is 6.25. The first-order chi connectivity index (χ1) is 14.2. The Hall–Kier alpha value is -2.37. The van der Waals surface area contributed by atoms with E-state index in [4.69, 9.17) is 11.6 Å². The zero-order valence-corrected chi connectivity index (χ0v) is 17.7. The second-order valence-electron chi connectivity index (χ2n) is 7.67. The van der Waals surface area contributed by atoms with Crippen molar-refractivity contribution in [3.8, 4) is 11.3 Å². The normalized spacial score (nSPS) is 15.0. The standard InChI is InChI=1S/C23H28ClN5/c1-19-8-2-5-11-23(19)28-16-14-27(15-17-28)12-6-7-13-29-18-22(25-26-29)20-9-3-4-10-21(20)24/h2-5,8-11,18H,6-7,12-17H2,1H3. The summed E-state index contributed by atoms with van der Waals surface area (Å²) in [6, 6.07) is 16.4. The van der Waals surface area contributed by atoms with E-state index in [0.29, 0.717) is 5.02 Å². The van der Waals surface area contributed by atoms with E-state index in [9.17, 15) is 0 Å². The van der Waals surface area contributed by atoms with Gasteiger partial charge in [-0.25, -0.2) is 0 Å². The zero-order chi connectivity index (χ0) is 20.1. The lowest BCUT2D eigenvalue weighted by Gasteiger charge is -2.36. The van der Waals surface area contributed by atoms with Gasteiger partial charge in [-0.05, 0) is 44.0 Å². The Labute approximate surface area is 177 Å². The van der Waals surface area contributed by atoms with E-state index in [1.165, 1.54) is 17.7 Å². The SMILES string of the molecule is Cc1ccccc1N1CCN(CCCCn2cc(-c3ccccc3Cl)nn2)CC1.